The number of methoxy groups -OCH3 is 1. The largest absolute Gasteiger partial charge is 0.467 e. The van der Waals surface area contributed by atoms with Gasteiger partial charge in [-0.2, -0.15) is 0 Å². The van der Waals surface area contributed by atoms with Crippen LogP contribution in [0.2, 0.25) is 5.02 Å². The molecule has 19 heavy (non-hydrogen) atoms. The van der Waals surface area contributed by atoms with Crippen molar-refractivity contribution in [1.82, 2.24) is 0 Å². The van der Waals surface area contributed by atoms with Crippen LogP contribution in [-0.4, -0.2) is 13.1 Å². The summed E-state index contributed by atoms with van der Waals surface area (Å²) < 4.78 is 5.73. The molecule has 3 nitrogen and oxygen atoms in total. The van der Waals surface area contributed by atoms with E-state index in [1.165, 1.54) is 18.4 Å². The lowest BCUT2D eigenvalue weighted by atomic mass is 10.2. The molecule has 2 aromatic rings. The number of benzene rings is 1. The highest BCUT2D eigenvalue weighted by molar-refractivity contribution is 9.10. The highest BCUT2D eigenvalue weighted by Gasteiger charge is 2.24. The number of hydrogen-bond acceptors (Lipinski definition) is 4. The van der Waals surface area contributed by atoms with Gasteiger partial charge in [-0.3, -0.25) is 0 Å². The Morgan fingerprint density at radius 1 is 1.37 bits per heavy atom. The van der Waals surface area contributed by atoms with E-state index < -0.39 is 6.04 Å². The van der Waals surface area contributed by atoms with Crippen LogP contribution in [0.3, 0.4) is 0 Å². The molecule has 100 valence electrons. The molecule has 0 aliphatic carbocycles. The molecule has 6 heteroatoms. The number of carbonyl (C=O) groups is 1. The monoisotopic (exact) mass is 359 g/mol. The van der Waals surface area contributed by atoms with Crippen LogP contribution < -0.4 is 5.32 Å². The average molecular weight is 361 g/mol. The number of nitrogens with one attached hydrogen (secondary N) is 1. The molecule has 1 N–H and O–H groups in total. The third kappa shape index (κ3) is 3.49. The Morgan fingerprint density at radius 3 is 2.58 bits per heavy atom. The Bertz CT molecular complexity index is 570. The average Bonchev–Trinajstić information content (AvgIpc) is 2.83. The first-order valence-electron chi connectivity index (χ1n) is 5.44. The Balaban J connectivity index is 2.27. The fourth-order valence-corrected chi connectivity index (χ4v) is 3.34. The van der Waals surface area contributed by atoms with E-state index in [1.54, 1.807) is 12.1 Å². The van der Waals surface area contributed by atoms with Gasteiger partial charge in [0.1, 0.15) is 0 Å². The fourth-order valence-electron chi connectivity index (χ4n) is 1.57. The number of carbonyl (C=O) groups excluding carboxylic acids is 1. The van der Waals surface area contributed by atoms with E-state index in [1.807, 2.05) is 23.6 Å². The summed E-state index contributed by atoms with van der Waals surface area (Å²) in [6.45, 7) is 0. The summed E-state index contributed by atoms with van der Waals surface area (Å²) in [5.41, 5.74) is 0.806. The van der Waals surface area contributed by atoms with Crippen LogP contribution in [0.15, 0.2) is 40.2 Å². The van der Waals surface area contributed by atoms with E-state index in [-0.39, 0.29) is 5.97 Å². The van der Waals surface area contributed by atoms with Gasteiger partial charge in [0.15, 0.2) is 6.04 Å². The smallest absolute Gasteiger partial charge is 0.333 e. The number of ether oxygens (including phenoxy) is 1. The molecule has 0 aliphatic heterocycles. The molecular weight excluding hydrogens is 350 g/mol. The van der Waals surface area contributed by atoms with Crippen LogP contribution in [-0.2, 0) is 9.53 Å². The van der Waals surface area contributed by atoms with E-state index in [9.17, 15) is 4.79 Å². The molecule has 0 saturated carbocycles. The number of halogens is 2. The number of thiophene rings is 1. The molecule has 0 spiro atoms. The molecule has 1 aromatic heterocycles. The van der Waals surface area contributed by atoms with Crippen LogP contribution >= 0.6 is 38.9 Å². The van der Waals surface area contributed by atoms with Gasteiger partial charge in [-0.1, -0.05) is 11.6 Å². The first-order chi connectivity index (χ1) is 9.11. The van der Waals surface area contributed by atoms with Gasteiger partial charge in [0.05, 0.1) is 12.0 Å². The quantitative estimate of drug-likeness (QED) is 0.816. The topological polar surface area (TPSA) is 38.3 Å². The summed E-state index contributed by atoms with van der Waals surface area (Å²) in [5.74, 6) is -0.335. The van der Waals surface area contributed by atoms with Crippen molar-refractivity contribution in [3.63, 3.8) is 0 Å². The predicted molar refractivity (Wildman–Crippen MR) is 81.9 cm³/mol. The number of rotatable bonds is 4. The molecule has 1 heterocycles. The van der Waals surface area contributed by atoms with E-state index in [0.717, 1.165) is 15.0 Å². The summed E-state index contributed by atoms with van der Waals surface area (Å²) in [7, 11) is 1.38. The van der Waals surface area contributed by atoms with Gasteiger partial charge in [0, 0.05) is 15.2 Å². The Hall–Kier alpha value is -1.04. The first kappa shape index (κ1) is 14.4. The van der Waals surface area contributed by atoms with Crippen molar-refractivity contribution in [1.29, 1.82) is 0 Å². The minimum absolute atomic E-state index is 0.335. The third-order valence-electron chi connectivity index (χ3n) is 2.50. The maximum Gasteiger partial charge on any atom is 0.333 e. The van der Waals surface area contributed by atoms with Crippen LogP contribution in [0.25, 0.3) is 0 Å². The van der Waals surface area contributed by atoms with Crippen LogP contribution in [0.1, 0.15) is 10.9 Å². The Labute approximate surface area is 128 Å². The van der Waals surface area contributed by atoms with Gasteiger partial charge in [0.2, 0.25) is 0 Å². The lowest BCUT2D eigenvalue weighted by molar-refractivity contribution is -0.141. The zero-order valence-electron chi connectivity index (χ0n) is 10.0. The summed E-state index contributed by atoms with van der Waals surface area (Å²) in [6.07, 6.45) is 0. The molecule has 2 rings (SSSR count). The van der Waals surface area contributed by atoms with Crippen molar-refractivity contribution in [2.45, 2.75) is 6.04 Å². The zero-order valence-corrected chi connectivity index (χ0v) is 13.2. The molecule has 0 amide bonds. The number of hydrogen-bond donors (Lipinski definition) is 1. The second-order valence-electron chi connectivity index (χ2n) is 3.74. The van der Waals surface area contributed by atoms with Crippen molar-refractivity contribution in [2.24, 2.45) is 0 Å². The van der Waals surface area contributed by atoms with Crippen molar-refractivity contribution < 1.29 is 9.53 Å². The van der Waals surface area contributed by atoms with E-state index in [2.05, 4.69) is 21.2 Å². The second kappa shape index (κ2) is 6.41. The molecule has 0 radical (unpaired) electrons. The van der Waals surface area contributed by atoms with Crippen LogP contribution in [0.4, 0.5) is 5.69 Å². The minimum atomic E-state index is -0.541. The fraction of sp³-hybridized carbons (Fsp3) is 0.154. The molecule has 0 saturated heterocycles. The molecule has 1 unspecified atom stereocenters. The van der Waals surface area contributed by atoms with Gasteiger partial charge >= 0.3 is 5.97 Å². The van der Waals surface area contributed by atoms with E-state index >= 15 is 0 Å². The standard InChI is InChI=1S/C13H11BrClNO2S/c1-18-13(17)11(12-10(14)6-7-19-12)16-9-4-2-8(15)3-5-9/h2-7,11,16H,1H3. The maximum atomic E-state index is 11.9. The maximum absolute atomic E-state index is 11.9. The summed E-state index contributed by atoms with van der Waals surface area (Å²) in [5, 5.41) is 5.71. The molecule has 0 fully saturated rings. The van der Waals surface area contributed by atoms with Crippen molar-refractivity contribution in [3.05, 3.63) is 50.1 Å². The highest BCUT2D eigenvalue weighted by atomic mass is 79.9. The van der Waals surface area contributed by atoms with Crippen molar-refractivity contribution in [2.75, 3.05) is 12.4 Å². The second-order valence-corrected chi connectivity index (χ2v) is 5.98. The number of esters is 1. The zero-order chi connectivity index (χ0) is 13.8. The van der Waals surface area contributed by atoms with Gasteiger partial charge in [0.25, 0.3) is 0 Å². The Morgan fingerprint density at radius 2 is 2.05 bits per heavy atom. The van der Waals surface area contributed by atoms with Crippen molar-refractivity contribution >= 4 is 50.5 Å². The normalized spacial score (nSPS) is 11.9. The lowest BCUT2D eigenvalue weighted by Crippen LogP contribution is -2.21. The first-order valence-corrected chi connectivity index (χ1v) is 7.49. The van der Waals surface area contributed by atoms with Gasteiger partial charge in [-0.15, -0.1) is 11.3 Å². The summed E-state index contributed by atoms with van der Waals surface area (Å²) >= 11 is 10.8. The molecular formula is C13H11BrClNO2S. The predicted octanol–water partition coefficient (Wildman–Crippen LogP) is 4.49. The summed E-state index contributed by atoms with van der Waals surface area (Å²) in [6, 6.07) is 8.53. The summed E-state index contributed by atoms with van der Waals surface area (Å²) in [4.78, 5) is 12.8. The molecule has 0 aliphatic rings. The van der Waals surface area contributed by atoms with Crippen LogP contribution in [0, 0.1) is 0 Å². The minimum Gasteiger partial charge on any atom is -0.467 e. The van der Waals surface area contributed by atoms with E-state index in [0.29, 0.717) is 5.02 Å². The van der Waals surface area contributed by atoms with Gasteiger partial charge < -0.3 is 10.1 Å². The van der Waals surface area contributed by atoms with Gasteiger partial charge in [-0.25, -0.2) is 4.79 Å². The van der Waals surface area contributed by atoms with Crippen LogP contribution in [0.5, 0.6) is 0 Å². The van der Waals surface area contributed by atoms with Crippen molar-refractivity contribution in [3.8, 4) is 0 Å². The molecule has 1 atom stereocenters. The molecule has 0 bridgehead atoms. The lowest BCUT2D eigenvalue weighted by Gasteiger charge is -2.17. The Kier molecular flexibility index (Phi) is 4.85. The molecule has 1 aromatic carbocycles. The number of anilines is 1. The SMILES string of the molecule is COC(=O)C(Nc1ccc(Cl)cc1)c1sccc1Br. The third-order valence-corrected chi connectivity index (χ3v) is 4.69. The van der Waals surface area contributed by atoms with Gasteiger partial charge in [-0.05, 0) is 51.6 Å². The highest BCUT2D eigenvalue weighted by Crippen LogP contribution is 2.32. The van der Waals surface area contributed by atoms with E-state index in [4.69, 9.17) is 16.3 Å².